The fourth-order valence-corrected chi connectivity index (χ4v) is 5.64. The molecule has 1 aliphatic carbocycles. The molecule has 1 fully saturated rings. The number of anilines is 1. The molecule has 192 valence electrons. The van der Waals surface area contributed by atoms with E-state index in [2.05, 4.69) is 9.67 Å². The van der Waals surface area contributed by atoms with Gasteiger partial charge in [-0.05, 0) is 57.6 Å². The van der Waals surface area contributed by atoms with Crippen molar-refractivity contribution in [2.45, 2.75) is 64.1 Å². The fourth-order valence-electron chi connectivity index (χ4n) is 5.48. The summed E-state index contributed by atoms with van der Waals surface area (Å²) in [6.45, 7) is 2.87. The number of carboxylic acids is 1. The monoisotopic (exact) mass is 515 g/mol. The molecular formula is C25H30ClN5O5. The number of halogens is 1. The van der Waals surface area contributed by atoms with Crippen LogP contribution in [0.3, 0.4) is 0 Å². The molecule has 36 heavy (non-hydrogen) atoms. The Balaban J connectivity index is 1.51. The number of imidazole rings is 1. The number of nitrogens with zero attached hydrogens (tertiary/aromatic N) is 5. The zero-order valence-corrected chi connectivity index (χ0v) is 21.1. The summed E-state index contributed by atoms with van der Waals surface area (Å²) in [7, 11) is 1.39. The predicted octanol–water partition coefficient (Wildman–Crippen LogP) is 4.69. The van der Waals surface area contributed by atoms with Crippen LogP contribution in [0.5, 0.6) is 6.01 Å². The van der Waals surface area contributed by atoms with E-state index < -0.39 is 5.97 Å². The molecule has 5 rings (SSSR count). The second kappa shape index (κ2) is 10.0. The fraction of sp³-hybridized carbons (Fsp3) is 0.520. The van der Waals surface area contributed by atoms with E-state index in [9.17, 15) is 14.7 Å². The minimum Gasteiger partial charge on any atom is -0.481 e. The summed E-state index contributed by atoms with van der Waals surface area (Å²) in [6, 6.07) is 4.54. The second-order valence-electron chi connectivity index (χ2n) is 9.54. The molecule has 1 atom stereocenters. The van der Waals surface area contributed by atoms with Crippen molar-refractivity contribution in [2.75, 3.05) is 18.6 Å². The highest BCUT2D eigenvalue weighted by Gasteiger charge is 2.34. The first-order valence-electron chi connectivity index (χ1n) is 12.3. The van der Waals surface area contributed by atoms with Crippen LogP contribution in [-0.2, 0) is 22.5 Å². The molecule has 1 amide bonds. The Morgan fingerprint density at radius 1 is 1.19 bits per heavy atom. The number of aliphatic carboxylic acids is 1. The molecule has 0 saturated heterocycles. The van der Waals surface area contributed by atoms with Crippen LogP contribution in [0.4, 0.5) is 10.5 Å². The Hall–Kier alpha value is -3.27. The van der Waals surface area contributed by atoms with Crippen molar-refractivity contribution in [3.63, 3.8) is 0 Å². The van der Waals surface area contributed by atoms with Crippen LogP contribution in [0.15, 0.2) is 24.5 Å². The van der Waals surface area contributed by atoms with Crippen molar-refractivity contribution in [3.05, 3.63) is 35.1 Å². The molecule has 2 aromatic heterocycles. The van der Waals surface area contributed by atoms with Gasteiger partial charge in [-0.3, -0.25) is 18.9 Å². The van der Waals surface area contributed by atoms with Crippen molar-refractivity contribution in [2.24, 2.45) is 5.92 Å². The topological polar surface area (TPSA) is 112 Å². The highest BCUT2D eigenvalue weighted by molar-refractivity contribution is 6.30. The number of aromatic nitrogens is 4. The molecule has 3 heterocycles. The zero-order valence-electron chi connectivity index (χ0n) is 20.4. The molecule has 1 N–H and O–H groups in total. The molecule has 1 aromatic carbocycles. The lowest BCUT2D eigenvalue weighted by atomic mass is 9.86. The zero-order chi connectivity index (χ0) is 25.4. The van der Waals surface area contributed by atoms with Crippen molar-refractivity contribution < 1.29 is 24.2 Å². The summed E-state index contributed by atoms with van der Waals surface area (Å²) < 4.78 is 15.1. The van der Waals surface area contributed by atoms with E-state index in [0.717, 1.165) is 48.0 Å². The molecule has 11 heteroatoms. The number of methoxy groups -OCH3 is 1. The normalized spacial score (nSPS) is 21.9. The third kappa shape index (κ3) is 4.50. The summed E-state index contributed by atoms with van der Waals surface area (Å²) in [4.78, 5) is 30.7. The standard InChI is InChI=1S/C25H30ClN5O5/c1-15-3-8-19-20(30(15)25(34)35-2)9-10-21-22(19)28-24(36-12-11-29-14-17(26)13-27-29)31(21)18-6-4-16(5-7-18)23(32)33/h9-10,13-16,18H,3-8,11-12H2,1-2H3,(H,32,33). The van der Waals surface area contributed by atoms with Gasteiger partial charge in [-0.25, -0.2) is 4.79 Å². The van der Waals surface area contributed by atoms with Crippen molar-refractivity contribution in [1.82, 2.24) is 19.3 Å². The summed E-state index contributed by atoms with van der Waals surface area (Å²) >= 11 is 5.97. The predicted molar refractivity (Wildman–Crippen MR) is 134 cm³/mol. The maximum atomic E-state index is 12.5. The van der Waals surface area contributed by atoms with E-state index in [0.29, 0.717) is 37.0 Å². The average molecular weight is 516 g/mol. The lowest BCUT2D eigenvalue weighted by Crippen LogP contribution is -2.42. The molecule has 1 aliphatic heterocycles. The van der Waals surface area contributed by atoms with Gasteiger partial charge in [-0.15, -0.1) is 0 Å². The Bertz CT molecular complexity index is 1280. The van der Waals surface area contributed by atoms with Crippen molar-refractivity contribution in [1.29, 1.82) is 0 Å². The van der Waals surface area contributed by atoms with Gasteiger partial charge in [-0.1, -0.05) is 11.6 Å². The first kappa shape index (κ1) is 24.4. The number of benzene rings is 1. The van der Waals surface area contributed by atoms with Gasteiger partial charge in [0.25, 0.3) is 6.01 Å². The highest BCUT2D eigenvalue weighted by atomic mass is 35.5. The van der Waals surface area contributed by atoms with Crippen LogP contribution >= 0.6 is 11.6 Å². The Morgan fingerprint density at radius 3 is 2.64 bits per heavy atom. The van der Waals surface area contributed by atoms with Gasteiger partial charge >= 0.3 is 12.1 Å². The molecule has 2 aliphatic rings. The van der Waals surface area contributed by atoms with Gasteiger partial charge in [0, 0.05) is 23.8 Å². The number of hydrogen-bond acceptors (Lipinski definition) is 6. The number of carbonyl (C=O) groups excluding carboxylic acids is 1. The molecule has 0 bridgehead atoms. The molecule has 1 unspecified atom stereocenters. The minimum absolute atomic E-state index is 0.0207. The van der Waals surface area contributed by atoms with E-state index in [1.807, 2.05) is 19.1 Å². The second-order valence-corrected chi connectivity index (χ2v) is 9.97. The highest BCUT2D eigenvalue weighted by Crippen LogP contribution is 2.42. The number of fused-ring (bicyclic) bond motifs is 3. The average Bonchev–Trinajstić information content (AvgIpc) is 3.46. The molecule has 0 radical (unpaired) electrons. The quantitative estimate of drug-likeness (QED) is 0.507. The maximum Gasteiger partial charge on any atom is 0.414 e. The van der Waals surface area contributed by atoms with E-state index in [1.165, 1.54) is 7.11 Å². The van der Waals surface area contributed by atoms with Gasteiger partial charge in [0.15, 0.2) is 0 Å². The molecule has 1 saturated carbocycles. The van der Waals surface area contributed by atoms with E-state index in [1.54, 1.807) is 22.0 Å². The van der Waals surface area contributed by atoms with Crippen molar-refractivity contribution in [3.8, 4) is 6.01 Å². The van der Waals surface area contributed by atoms with Crippen molar-refractivity contribution >= 4 is 40.4 Å². The van der Waals surface area contributed by atoms with Gasteiger partial charge in [0.05, 0.1) is 47.5 Å². The molecule has 3 aromatic rings. The number of carbonyl (C=O) groups is 2. The lowest BCUT2D eigenvalue weighted by Gasteiger charge is -2.34. The SMILES string of the molecule is COC(=O)N1c2ccc3c(nc(OCCn4cc(Cl)cn4)n3C3CCC(C(=O)O)CC3)c2CCC1C. The molecule has 10 nitrogen and oxygen atoms in total. The van der Waals surface area contributed by atoms with Crippen LogP contribution in [-0.4, -0.2) is 56.3 Å². The summed E-state index contributed by atoms with van der Waals surface area (Å²) in [5.74, 6) is -1.04. The third-order valence-corrected chi connectivity index (χ3v) is 7.55. The lowest BCUT2D eigenvalue weighted by molar-refractivity contribution is -0.143. The van der Waals surface area contributed by atoms with Gasteiger partial charge in [0.2, 0.25) is 0 Å². The number of amides is 1. The molecule has 0 spiro atoms. The van der Waals surface area contributed by atoms with Gasteiger partial charge in [-0.2, -0.15) is 10.1 Å². The van der Waals surface area contributed by atoms with Gasteiger partial charge in [0.1, 0.15) is 6.61 Å². The van der Waals surface area contributed by atoms with Crippen LogP contribution in [0.1, 0.15) is 50.6 Å². The van der Waals surface area contributed by atoms with Crippen LogP contribution in [0.2, 0.25) is 5.02 Å². The minimum atomic E-state index is -0.732. The number of aryl methyl sites for hydroxylation is 1. The Kier molecular flexibility index (Phi) is 6.79. The number of ether oxygens (including phenoxy) is 2. The van der Waals surface area contributed by atoms with E-state index >= 15 is 0 Å². The molecular weight excluding hydrogens is 486 g/mol. The Labute approximate surface area is 213 Å². The smallest absolute Gasteiger partial charge is 0.414 e. The first-order chi connectivity index (χ1) is 17.4. The van der Waals surface area contributed by atoms with E-state index in [4.69, 9.17) is 26.1 Å². The van der Waals surface area contributed by atoms with Crippen LogP contribution in [0.25, 0.3) is 11.0 Å². The summed E-state index contributed by atoms with van der Waals surface area (Å²) in [6.07, 6.45) is 7.21. The summed E-state index contributed by atoms with van der Waals surface area (Å²) in [5.41, 5.74) is 3.55. The first-order valence-corrected chi connectivity index (χ1v) is 12.7. The largest absolute Gasteiger partial charge is 0.481 e. The van der Waals surface area contributed by atoms with Crippen LogP contribution < -0.4 is 9.64 Å². The van der Waals surface area contributed by atoms with Crippen LogP contribution in [0, 0.1) is 5.92 Å². The maximum absolute atomic E-state index is 12.5. The third-order valence-electron chi connectivity index (χ3n) is 7.36. The number of carboxylic acid groups (broad SMARTS) is 1. The summed E-state index contributed by atoms with van der Waals surface area (Å²) in [5, 5.41) is 14.2. The number of hydrogen-bond donors (Lipinski definition) is 1. The number of rotatable bonds is 6. The van der Waals surface area contributed by atoms with E-state index in [-0.39, 0.29) is 24.1 Å². The van der Waals surface area contributed by atoms with Gasteiger partial charge < -0.3 is 14.6 Å². The Morgan fingerprint density at radius 2 is 1.97 bits per heavy atom.